The molecule has 16 heavy (non-hydrogen) atoms. The summed E-state index contributed by atoms with van der Waals surface area (Å²) in [6.45, 7) is 5.59. The summed E-state index contributed by atoms with van der Waals surface area (Å²) < 4.78 is 0. The minimum Gasteiger partial charge on any atom is -0.326 e. The van der Waals surface area contributed by atoms with E-state index < -0.39 is 0 Å². The molecule has 1 fully saturated rings. The zero-order chi connectivity index (χ0) is 11.5. The monoisotopic (exact) mass is 218 g/mol. The van der Waals surface area contributed by atoms with Gasteiger partial charge >= 0.3 is 0 Å². The Morgan fingerprint density at radius 2 is 1.88 bits per heavy atom. The number of likely N-dealkylation sites (tertiary alicyclic amines) is 1. The van der Waals surface area contributed by atoms with Crippen LogP contribution in [-0.2, 0) is 6.54 Å². The number of hydrogen-bond acceptors (Lipinski definition) is 2. The van der Waals surface area contributed by atoms with E-state index in [1.807, 2.05) is 0 Å². The summed E-state index contributed by atoms with van der Waals surface area (Å²) >= 11 is 0. The van der Waals surface area contributed by atoms with Crippen LogP contribution in [0.4, 0.5) is 0 Å². The van der Waals surface area contributed by atoms with Crippen molar-refractivity contribution in [2.75, 3.05) is 0 Å². The highest BCUT2D eigenvalue weighted by Gasteiger charge is 2.29. The Bertz CT molecular complexity index is 323. The standard InChI is InChI=1S/C14H22N2/c1-11-8-9-14(15)12(2)16(11)10-13-6-4-3-5-7-13/h3-7,11-12,14H,8-10,15H2,1-2H3/t11-,12-,14+/m0/s1. The fourth-order valence-corrected chi connectivity index (χ4v) is 2.58. The van der Waals surface area contributed by atoms with Gasteiger partial charge in [-0.05, 0) is 32.3 Å². The van der Waals surface area contributed by atoms with E-state index in [0.717, 1.165) is 13.0 Å². The van der Waals surface area contributed by atoms with Crippen LogP contribution in [0.1, 0.15) is 32.3 Å². The fraction of sp³-hybridized carbons (Fsp3) is 0.571. The minimum atomic E-state index is 0.333. The molecule has 2 rings (SSSR count). The molecule has 0 unspecified atom stereocenters. The topological polar surface area (TPSA) is 29.3 Å². The van der Waals surface area contributed by atoms with Gasteiger partial charge in [-0.2, -0.15) is 0 Å². The molecule has 1 aromatic carbocycles. The summed E-state index contributed by atoms with van der Waals surface area (Å²) in [6.07, 6.45) is 2.38. The van der Waals surface area contributed by atoms with Gasteiger partial charge in [0.25, 0.3) is 0 Å². The van der Waals surface area contributed by atoms with Crippen LogP contribution in [0.15, 0.2) is 30.3 Å². The third-order valence-electron chi connectivity index (χ3n) is 3.83. The molecule has 1 aliphatic heterocycles. The van der Waals surface area contributed by atoms with Crippen molar-refractivity contribution in [3.05, 3.63) is 35.9 Å². The smallest absolute Gasteiger partial charge is 0.0240 e. The lowest BCUT2D eigenvalue weighted by Crippen LogP contribution is -2.53. The first-order chi connectivity index (χ1) is 7.68. The molecule has 2 heteroatoms. The number of benzene rings is 1. The van der Waals surface area contributed by atoms with E-state index in [-0.39, 0.29) is 0 Å². The lowest BCUT2D eigenvalue weighted by atomic mass is 9.92. The highest BCUT2D eigenvalue weighted by atomic mass is 15.2. The Labute approximate surface area is 98.4 Å². The molecule has 2 nitrogen and oxygen atoms in total. The maximum atomic E-state index is 6.14. The van der Waals surface area contributed by atoms with E-state index in [2.05, 4.69) is 49.1 Å². The van der Waals surface area contributed by atoms with Gasteiger partial charge in [-0.25, -0.2) is 0 Å². The number of nitrogens with two attached hydrogens (primary N) is 1. The molecule has 0 aromatic heterocycles. The van der Waals surface area contributed by atoms with Crippen molar-refractivity contribution in [3.63, 3.8) is 0 Å². The van der Waals surface area contributed by atoms with Crippen molar-refractivity contribution in [2.24, 2.45) is 5.73 Å². The molecule has 2 N–H and O–H groups in total. The van der Waals surface area contributed by atoms with Crippen molar-refractivity contribution >= 4 is 0 Å². The quantitative estimate of drug-likeness (QED) is 0.826. The third kappa shape index (κ3) is 2.45. The van der Waals surface area contributed by atoms with Crippen molar-refractivity contribution in [1.29, 1.82) is 0 Å². The SMILES string of the molecule is C[C@H]1CC[C@@H](N)[C@H](C)N1Cc1ccccc1. The molecule has 0 saturated carbocycles. The number of rotatable bonds is 2. The summed E-state index contributed by atoms with van der Waals surface area (Å²) in [4.78, 5) is 2.53. The predicted molar refractivity (Wildman–Crippen MR) is 68.1 cm³/mol. The first-order valence-corrected chi connectivity index (χ1v) is 6.23. The molecule has 0 radical (unpaired) electrons. The van der Waals surface area contributed by atoms with Gasteiger partial charge in [0.05, 0.1) is 0 Å². The van der Waals surface area contributed by atoms with Crippen LogP contribution in [-0.4, -0.2) is 23.0 Å². The van der Waals surface area contributed by atoms with Crippen LogP contribution in [0.5, 0.6) is 0 Å². The van der Waals surface area contributed by atoms with Crippen LogP contribution in [0.2, 0.25) is 0 Å². The maximum absolute atomic E-state index is 6.14. The van der Waals surface area contributed by atoms with Crippen molar-refractivity contribution < 1.29 is 0 Å². The Hall–Kier alpha value is -0.860. The highest BCUT2D eigenvalue weighted by Crippen LogP contribution is 2.23. The Morgan fingerprint density at radius 1 is 1.19 bits per heavy atom. The molecular weight excluding hydrogens is 196 g/mol. The molecule has 0 bridgehead atoms. The van der Waals surface area contributed by atoms with Gasteiger partial charge in [0.2, 0.25) is 0 Å². The zero-order valence-corrected chi connectivity index (χ0v) is 10.3. The molecule has 0 aliphatic carbocycles. The van der Waals surface area contributed by atoms with E-state index in [1.54, 1.807) is 0 Å². The van der Waals surface area contributed by atoms with E-state index in [4.69, 9.17) is 5.73 Å². The lowest BCUT2D eigenvalue weighted by Gasteiger charge is -2.42. The molecule has 0 amide bonds. The molecule has 88 valence electrons. The number of nitrogens with zero attached hydrogens (tertiary/aromatic N) is 1. The van der Waals surface area contributed by atoms with Crippen LogP contribution < -0.4 is 5.73 Å². The second kappa shape index (κ2) is 4.98. The maximum Gasteiger partial charge on any atom is 0.0240 e. The second-order valence-corrected chi connectivity index (χ2v) is 4.99. The first-order valence-electron chi connectivity index (χ1n) is 6.23. The third-order valence-corrected chi connectivity index (χ3v) is 3.83. The van der Waals surface area contributed by atoms with Gasteiger partial charge in [-0.15, -0.1) is 0 Å². The van der Waals surface area contributed by atoms with E-state index in [1.165, 1.54) is 12.0 Å². The zero-order valence-electron chi connectivity index (χ0n) is 10.3. The summed E-state index contributed by atoms with van der Waals surface area (Å²) in [7, 11) is 0. The van der Waals surface area contributed by atoms with E-state index >= 15 is 0 Å². The Kier molecular flexibility index (Phi) is 3.62. The van der Waals surface area contributed by atoms with Crippen molar-refractivity contribution in [2.45, 2.75) is 51.4 Å². The normalized spacial score (nSPS) is 31.6. The number of hydrogen-bond donors (Lipinski definition) is 1. The molecule has 1 aliphatic rings. The van der Waals surface area contributed by atoms with Crippen LogP contribution in [0, 0.1) is 0 Å². The van der Waals surface area contributed by atoms with E-state index in [9.17, 15) is 0 Å². The molecule has 0 spiro atoms. The average Bonchev–Trinajstić information content (AvgIpc) is 2.31. The highest BCUT2D eigenvalue weighted by molar-refractivity contribution is 5.15. The molecule has 1 heterocycles. The van der Waals surface area contributed by atoms with Gasteiger partial charge in [0, 0.05) is 24.7 Å². The Morgan fingerprint density at radius 3 is 2.56 bits per heavy atom. The summed E-state index contributed by atoms with van der Waals surface area (Å²) in [5.74, 6) is 0. The lowest BCUT2D eigenvalue weighted by molar-refractivity contribution is 0.0795. The van der Waals surface area contributed by atoms with Gasteiger partial charge in [-0.1, -0.05) is 30.3 Å². The van der Waals surface area contributed by atoms with Gasteiger partial charge in [-0.3, -0.25) is 4.90 Å². The second-order valence-electron chi connectivity index (χ2n) is 4.99. The summed E-state index contributed by atoms with van der Waals surface area (Å²) in [5.41, 5.74) is 7.53. The fourth-order valence-electron chi connectivity index (χ4n) is 2.58. The van der Waals surface area contributed by atoms with Crippen molar-refractivity contribution in [3.8, 4) is 0 Å². The van der Waals surface area contributed by atoms with E-state index in [0.29, 0.717) is 18.1 Å². The predicted octanol–water partition coefficient (Wildman–Crippen LogP) is 2.39. The number of piperidine rings is 1. The minimum absolute atomic E-state index is 0.333. The summed E-state index contributed by atoms with van der Waals surface area (Å²) in [6, 6.07) is 12.1. The average molecular weight is 218 g/mol. The molecule has 1 saturated heterocycles. The first kappa shape index (κ1) is 11.6. The van der Waals surface area contributed by atoms with Crippen LogP contribution in [0.25, 0.3) is 0 Å². The molecule has 3 atom stereocenters. The summed E-state index contributed by atoms with van der Waals surface area (Å²) in [5, 5.41) is 0. The van der Waals surface area contributed by atoms with Crippen molar-refractivity contribution in [1.82, 2.24) is 4.90 Å². The van der Waals surface area contributed by atoms with Gasteiger partial charge < -0.3 is 5.73 Å². The van der Waals surface area contributed by atoms with Gasteiger partial charge in [0.1, 0.15) is 0 Å². The van der Waals surface area contributed by atoms with Crippen LogP contribution in [0.3, 0.4) is 0 Å². The molecule has 1 aromatic rings. The largest absolute Gasteiger partial charge is 0.326 e. The van der Waals surface area contributed by atoms with Gasteiger partial charge in [0.15, 0.2) is 0 Å². The Balaban J connectivity index is 2.07. The van der Waals surface area contributed by atoms with Crippen LogP contribution >= 0.6 is 0 Å². The molecular formula is C14H22N2.